The molecule has 0 aliphatic heterocycles. The molecule has 0 radical (unpaired) electrons. The SMILES string of the molecule is CC(C)(C)c1ccc2c(cnn2Cc2cccnc2)c1. The topological polar surface area (TPSA) is 30.7 Å². The average Bonchev–Trinajstić information content (AvgIpc) is 2.81. The molecule has 0 atom stereocenters. The van der Waals surface area contributed by atoms with E-state index in [1.807, 2.05) is 23.1 Å². The van der Waals surface area contributed by atoms with Gasteiger partial charge in [-0.15, -0.1) is 0 Å². The van der Waals surface area contributed by atoms with Crippen LogP contribution < -0.4 is 0 Å². The van der Waals surface area contributed by atoms with Crippen molar-refractivity contribution >= 4 is 10.9 Å². The predicted molar refractivity (Wildman–Crippen MR) is 81.8 cm³/mol. The molecule has 0 unspecified atom stereocenters. The Bertz CT molecular complexity index is 721. The first-order valence-corrected chi connectivity index (χ1v) is 6.89. The van der Waals surface area contributed by atoms with Crippen LogP contribution in [0.1, 0.15) is 31.9 Å². The normalized spacial score (nSPS) is 11.9. The number of rotatable bonds is 2. The fourth-order valence-corrected chi connectivity index (χ4v) is 2.34. The van der Waals surface area contributed by atoms with E-state index in [0.717, 1.165) is 12.1 Å². The van der Waals surface area contributed by atoms with Crippen molar-refractivity contribution in [3.8, 4) is 0 Å². The van der Waals surface area contributed by atoms with Crippen LogP contribution in [-0.4, -0.2) is 14.8 Å². The second-order valence-electron chi connectivity index (χ2n) is 6.19. The minimum atomic E-state index is 0.166. The maximum Gasteiger partial charge on any atom is 0.0686 e. The van der Waals surface area contributed by atoms with Gasteiger partial charge in [-0.1, -0.05) is 32.9 Å². The van der Waals surface area contributed by atoms with Gasteiger partial charge in [-0.2, -0.15) is 5.10 Å². The van der Waals surface area contributed by atoms with E-state index in [-0.39, 0.29) is 5.41 Å². The minimum absolute atomic E-state index is 0.166. The molecule has 0 saturated heterocycles. The quantitative estimate of drug-likeness (QED) is 0.706. The Morgan fingerprint density at radius 2 is 1.95 bits per heavy atom. The zero-order valence-corrected chi connectivity index (χ0v) is 12.2. The van der Waals surface area contributed by atoms with Crippen molar-refractivity contribution in [2.45, 2.75) is 32.7 Å². The maximum absolute atomic E-state index is 4.50. The van der Waals surface area contributed by atoms with E-state index < -0.39 is 0 Å². The Labute approximate surface area is 119 Å². The van der Waals surface area contributed by atoms with Gasteiger partial charge in [-0.05, 0) is 34.7 Å². The molecule has 0 amide bonds. The monoisotopic (exact) mass is 265 g/mol. The molecule has 0 saturated carbocycles. The molecule has 3 nitrogen and oxygen atoms in total. The smallest absolute Gasteiger partial charge is 0.0686 e. The molecule has 102 valence electrons. The molecule has 2 heterocycles. The summed E-state index contributed by atoms with van der Waals surface area (Å²) in [5, 5.41) is 5.70. The molecule has 0 bridgehead atoms. The van der Waals surface area contributed by atoms with Crippen LogP contribution in [0.5, 0.6) is 0 Å². The van der Waals surface area contributed by atoms with Crippen LogP contribution in [0.2, 0.25) is 0 Å². The summed E-state index contributed by atoms with van der Waals surface area (Å²) in [4.78, 5) is 4.15. The van der Waals surface area contributed by atoms with Gasteiger partial charge in [0.25, 0.3) is 0 Å². The Kier molecular flexibility index (Phi) is 3.05. The Morgan fingerprint density at radius 1 is 1.10 bits per heavy atom. The van der Waals surface area contributed by atoms with Crippen molar-refractivity contribution in [2.75, 3.05) is 0 Å². The van der Waals surface area contributed by atoms with Gasteiger partial charge < -0.3 is 0 Å². The highest BCUT2D eigenvalue weighted by Crippen LogP contribution is 2.26. The second-order valence-corrected chi connectivity index (χ2v) is 6.19. The van der Waals surface area contributed by atoms with Crippen LogP contribution in [0.4, 0.5) is 0 Å². The average molecular weight is 265 g/mol. The number of hydrogen-bond donors (Lipinski definition) is 0. The molecule has 0 aliphatic carbocycles. The van der Waals surface area contributed by atoms with E-state index in [4.69, 9.17) is 0 Å². The lowest BCUT2D eigenvalue weighted by Gasteiger charge is -2.18. The highest BCUT2D eigenvalue weighted by atomic mass is 15.3. The van der Waals surface area contributed by atoms with Crippen molar-refractivity contribution < 1.29 is 0 Å². The third-order valence-electron chi connectivity index (χ3n) is 3.56. The number of aromatic nitrogens is 3. The van der Waals surface area contributed by atoms with Gasteiger partial charge in [0.15, 0.2) is 0 Å². The first kappa shape index (κ1) is 12.9. The molecule has 1 aromatic carbocycles. The fourth-order valence-electron chi connectivity index (χ4n) is 2.34. The lowest BCUT2D eigenvalue weighted by atomic mass is 9.86. The van der Waals surface area contributed by atoms with Gasteiger partial charge in [0.2, 0.25) is 0 Å². The number of nitrogens with zero attached hydrogens (tertiary/aromatic N) is 3. The maximum atomic E-state index is 4.50. The Hall–Kier alpha value is -2.16. The van der Waals surface area contributed by atoms with Gasteiger partial charge in [0, 0.05) is 17.8 Å². The van der Waals surface area contributed by atoms with E-state index in [0.29, 0.717) is 0 Å². The van der Waals surface area contributed by atoms with Crippen LogP contribution in [0, 0.1) is 0 Å². The van der Waals surface area contributed by atoms with Crippen LogP contribution in [0.25, 0.3) is 10.9 Å². The van der Waals surface area contributed by atoms with Gasteiger partial charge in [-0.25, -0.2) is 0 Å². The largest absolute Gasteiger partial charge is 0.264 e. The highest BCUT2D eigenvalue weighted by Gasteiger charge is 2.14. The zero-order valence-electron chi connectivity index (χ0n) is 12.2. The van der Waals surface area contributed by atoms with E-state index in [1.54, 1.807) is 6.20 Å². The van der Waals surface area contributed by atoms with Crippen molar-refractivity contribution in [1.29, 1.82) is 0 Å². The molecule has 3 heteroatoms. The lowest BCUT2D eigenvalue weighted by molar-refractivity contribution is 0.591. The van der Waals surface area contributed by atoms with E-state index in [9.17, 15) is 0 Å². The standard InChI is InChI=1S/C17H19N3/c1-17(2,3)15-6-7-16-14(9-15)11-19-20(16)12-13-5-4-8-18-10-13/h4-11H,12H2,1-3H3. The fraction of sp³-hybridized carbons (Fsp3) is 0.294. The van der Waals surface area contributed by atoms with Crippen LogP contribution in [0.3, 0.4) is 0 Å². The Balaban J connectivity index is 1.98. The summed E-state index contributed by atoms with van der Waals surface area (Å²) in [6.07, 6.45) is 5.62. The van der Waals surface area contributed by atoms with Gasteiger partial charge >= 0.3 is 0 Å². The van der Waals surface area contributed by atoms with E-state index in [1.165, 1.54) is 16.5 Å². The third kappa shape index (κ3) is 2.44. The molecule has 0 fully saturated rings. The second kappa shape index (κ2) is 4.75. The molecule has 3 aromatic rings. The number of benzene rings is 1. The lowest BCUT2D eigenvalue weighted by Crippen LogP contribution is -2.10. The Morgan fingerprint density at radius 3 is 2.65 bits per heavy atom. The summed E-state index contributed by atoms with van der Waals surface area (Å²) < 4.78 is 2.03. The highest BCUT2D eigenvalue weighted by molar-refractivity contribution is 5.79. The third-order valence-corrected chi connectivity index (χ3v) is 3.56. The molecule has 0 aliphatic rings. The molecule has 2 aromatic heterocycles. The summed E-state index contributed by atoms with van der Waals surface area (Å²) in [5.41, 5.74) is 3.84. The van der Waals surface area contributed by atoms with Crippen molar-refractivity contribution in [3.05, 3.63) is 60.0 Å². The van der Waals surface area contributed by atoms with Crippen LogP contribution >= 0.6 is 0 Å². The zero-order chi connectivity index (χ0) is 14.2. The van der Waals surface area contributed by atoms with E-state index >= 15 is 0 Å². The molecule has 0 N–H and O–H groups in total. The summed E-state index contributed by atoms with van der Waals surface area (Å²) in [6.45, 7) is 7.45. The van der Waals surface area contributed by atoms with Gasteiger partial charge in [0.1, 0.15) is 0 Å². The first-order chi connectivity index (χ1) is 9.54. The molecule has 0 spiro atoms. The molecular formula is C17H19N3. The number of fused-ring (bicyclic) bond motifs is 1. The summed E-state index contributed by atoms with van der Waals surface area (Å²) in [6, 6.07) is 10.6. The van der Waals surface area contributed by atoms with E-state index in [2.05, 4.69) is 55.1 Å². The van der Waals surface area contributed by atoms with Crippen molar-refractivity contribution in [1.82, 2.24) is 14.8 Å². The summed E-state index contributed by atoms with van der Waals surface area (Å²) in [5.74, 6) is 0. The van der Waals surface area contributed by atoms with Crippen molar-refractivity contribution in [2.24, 2.45) is 0 Å². The number of pyridine rings is 1. The molecule has 3 rings (SSSR count). The van der Waals surface area contributed by atoms with Crippen molar-refractivity contribution in [3.63, 3.8) is 0 Å². The predicted octanol–water partition coefficient (Wildman–Crippen LogP) is 3.78. The number of hydrogen-bond acceptors (Lipinski definition) is 2. The molecular weight excluding hydrogens is 246 g/mol. The van der Waals surface area contributed by atoms with Crippen LogP contribution in [-0.2, 0) is 12.0 Å². The minimum Gasteiger partial charge on any atom is -0.264 e. The van der Waals surface area contributed by atoms with Gasteiger partial charge in [-0.3, -0.25) is 9.67 Å². The summed E-state index contributed by atoms with van der Waals surface area (Å²) in [7, 11) is 0. The summed E-state index contributed by atoms with van der Waals surface area (Å²) >= 11 is 0. The first-order valence-electron chi connectivity index (χ1n) is 6.89. The van der Waals surface area contributed by atoms with Gasteiger partial charge in [0.05, 0.1) is 18.3 Å². The van der Waals surface area contributed by atoms with Crippen LogP contribution in [0.15, 0.2) is 48.9 Å². The molecule has 20 heavy (non-hydrogen) atoms.